The van der Waals surface area contributed by atoms with Gasteiger partial charge in [-0.15, -0.1) is 0 Å². The Hall–Kier alpha value is -2.20. The van der Waals surface area contributed by atoms with Crippen LogP contribution in [-0.2, 0) is 11.2 Å². The molecule has 0 heterocycles. The van der Waals surface area contributed by atoms with Crippen LogP contribution in [0.5, 0.6) is 0 Å². The molecule has 24 heavy (non-hydrogen) atoms. The van der Waals surface area contributed by atoms with Crippen molar-refractivity contribution in [3.8, 4) is 0 Å². The van der Waals surface area contributed by atoms with Gasteiger partial charge in [-0.3, -0.25) is 9.69 Å². The predicted octanol–water partition coefficient (Wildman–Crippen LogP) is 3.32. The monoisotopic (exact) mass is 326 g/mol. The molecule has 3 rings (SSSR count). The standard InChI is InChI=1S/C20H23FN2O/c1-23(16-11-12-16)14-20(24)22-19(13-15-7-3-2-4-8-15)17-9-5-6-10-18(17)21/h2-10,16,19H,11-14H2,1H3,(H,22,24)/t19-/m0/s1. The van der Waals surface area contributed by atoms with Crippen molar-refractivity contribution in [3.63, 3.8) is 0 Å². The first-order chi connectivity index (χ1) is 11.6. The molecule has 0 unspecified atom stereocenters. The number of nitrogens with zero attached hydrogens (tertiary/aromatic N) is 1. The number of benzene rings is 2. The number of carbonyl (C=O) groups excluding carboxylic acids is 1. The van der Waals surface area contributed by atoms with E-state index >= 15 is 0 Å². The van der Waals surface area contributed by atoms with Crippen molar-refractivity contribution in [2.45, 2.75) is 31.3 Å². The Morgan fingerprint density at radius 2 is 1.83 bits per heavy atom. The molecule has 1 fully saturated rings. The second-order valence-electron chi connectivity index (χ2n) is 6.48. The molecule has 126 valence electrons. The molecule has 2 aromatic rings. The van der Waals surface area contributed by atoms with Gasteiger partial charge in [-0.25, -0.2) is 4.39 Å². The SMILES string of the molecule is CN(CC(=O)N[C@@H](Cc1ccccc1)c1ccccc1F)C1CC1. The van der Waals surface area contributed by atoms with Crippen molar-refractivity contribution < 1.29 is 9.18 Å². The Kier molecular flexibility index (Phi) is 5.26. The molecule has 4 heteroatoms. The van der Waals surface area contributed by atoms with Crippen LogP contribution in [0.1, 0.15) is 30.0 Å². The molecule has 1 saturated carbocycles. The summed E-state index contributed by atoms with van der Waals surface area (Å²) in [4.78, 5) is 14.5. The number of hydrogen-bond acceptors (Lipinski definition) is 2. The van der Waals surface area contributed by atoms with Crippen LogP contribution < -0.4 is 5.32 Å². The lowest BCUT2D eigenvalue weighted by Gasteiger charge is -2.22. The molecule has 1 aliphatic rings. The fourth-order valence-corrected chi connectivity index (χ4v) is 2.96. The summed E-state index contributed by atoms with van der Waals surface area (Å²) in [5.41, 5.74) is 1.60. The Labute approximate surface area is 142 Å². The number of halogens is 1. The summed E-state index contributed by atoms with van der Waals surface area (Å²) in [6.45, 7) is 0.352. The maximum absolute atomic E-state index is 14.2. The van der Waals surface area contributed by atoms with Crippen LogP contribution in [0.15, 0.2) is 54.6 Å². The summed E-state index contributed by atoms with van der Waals surface area (Å²) in [5.74, 6) is -0.345. The van der Waals surface area contributed by atoms with Crippen molar-refractivity contribution in [2.24, 2.45) is 0 Å². The first kappa shape index (κ1) is 16.7. The lowest BCUT2D eigenvalue weighted by atomic mass is 9.98. The molecule has 0 aromatic heterocycles. The minimum Gasteiger partial charge on any atom is -0.348 e. The van der Waals surface area contributed by atoms with E-state index in [0.717, 1.165) is 18.4 Å². The number of hydrogen-bond donors (Lipinski definition) is 1. The van der Waals surface area contributed by atoms with Gasteiger partial charge >= 0.3 is 0 Å². The predicted molar refractivity (Wildman–Crippen MR) is 93.1 cm³/mol. The van der Waals surface area contributed by atoms with Gasteiger partial charge in [0.2, 0.25) is 5.91 Å². The number of likely N-dealkylation sites (N-methyl/N-ethyl adjacent to an activating group) is 1. The van der Waals surface area contributed by atoms with Crippen LogP contribution in [0.2, 0.25) is 0 Å². The van der Waals surface area contributed by atoms with Gasteiger partial charge in [0.15, 0.2) is 0 Å². The topological polar surface area (TPSA) is 32.3 Å². The summed E-state index contributed by atoms with van der Waals surface area (Å²) >= 11 is 0. The Balaban J connectivity index is 1.74. The molecule has 0 radical (unpaired) electrons. The maximum atomic E-state index is 14.2. The average molecular weight is 326 g/mol. The third-order valence-corrected chi connectivity index (χ3v) is 4.46. The molecular weight excluding hydrogens is 303 g/mol. The highest BCUT2D eigenvalue weighted by molar-refractivity contribution is 5.78. The van der Waals surface area contributed by atoms with E-state index in [-0.39, 0.29) is 17.8 Å². The van der Waals surface area contributed by atoms with Crippen LogP contribution in [0, 0.1) is 5.82 Å². The highest BCUT2D eigenvalue weighted by Gasteiger charge is 2.28. The lowest BCUT2D eigenvalue weighted by Crippen LogP contribution is -2.39. The maximum Gasteiger partial charge on any atom is 0.234 e. The Bertz CT molecular complexity index is 685. The lowest BCUT2D eigenvalue weighted by molar-refractivity contribution is -0.122. The molecule has 0 saturated heterocycles. The van der Waals surface area contributed by atoms with E-state index in [4.69, 9.17) is 0 Å². The van der Waals surface area contributed by atoms with Crippen molar-refractivity contribution in [1.29, 1.82) is 0 Å². The smallest absolute Gasteiger partial charge is 0.234 e. The van der Waals surface area contributed by atoms with E-state index in [1.807, 2.05) is 37.4 Å². The largest absolute Gasteiger partial charge is 0.348 e. The van der Waals surface area contributed by atoms with E-state index in [1.165, 1.54) is 6.07 Å². The summed E-state index contributed by atoms with van der Waals surface area (Å²) in [7, 11) is 1.96. The summed E-state index contributed by atoms with van der Waals surface area (Å²) in [5, 5.41) is 3.02. The Morgan fingerprint density at radius 1 is 1.17 bits per heavy atom. The first-order valence-corrected chi connectivity index (χ1v) is 8.41. The molecule has 1 atom stereocenters. The summed E-state index contributed by atoms with van der Waals surface area (Å²) < 4.78 is 14.2. The van der Waals surface area contributed by atoms with Gasteiger partial charge in [-0.2, -0.15) is 0 Å². The van der Waals surface area contributed by atoms with Crippen molar-refractivity contribution in [2.75, 3.05) is 13.6 Å². The molecule has 0 aliphatic heterocycles. The summed E-state index contributed by atoms with van der Waals surface area (Å²) in [6.07, 6.45) is 2.88. The normalized spacial score (nSPS) is 15.3. The van der Waals surface area contributed by atoms with E-state index in [1.54, 1.807) is 18.2 Å². The zero-order valence-electron chi connectivity index (χ0n) is 13.9. The van der Waals surface area contributed by atoms with Crippen LogP contribution >= 0.6 is 0 Å². The molecule has 0 spiro atoms. The van der Waals surface area contributed by atoms with Crippen LogP contribution in [0.4, 0.5) is 4.39 Å². The van der Waals surface area contributed by atoms with Crippen molar-refractivity contribution in [3.05, 3.63) is 71.5 Å². The fraction of sp³-hybridized carbons (Fsp3) is 0.350. The number of rotatable bonds is 7. The zero-order valence-corrected chi connectivity index (χ0v) is 13.9. The van der Waals surface area contributed by atoms with Crippen molar-refractivity contribution >= 4 is 5.91 Å². The van der Waals surface area contributed by atoms with Crippen LogP contribution in [0.3, 0.4) is 0 Å². The van der Waals surface area contributed by atoms with Crippen LogP contribution in [0.25, 0.3) is 0 Å². The summed E-state index contributed by atoms with van der Waals surface area (Å²) in [6, 6.07) is 16.7. The van der Waals surface area contributed by atoms with Gasteiger partial charge in [0, 0.05) is 11.6 Å². The van der Waals surface area contributed by atoms with Gasteiger partial charge in [-0.05, 0) is 37.9 Å². The van der Waals surface area contributed by atoms with Crippen LogP contribution in [-0.4, -0.2) is 30.4 Å². The third-order valence-electron chi connectivity index (χ3n) is 4.46. The molecule has 3 nitrogen and oxygen atoms in total. The Morgan fingerprint density at radius 3 is 2.50 bits per heavy atom. The minimum atomic E-state index is -0.367. The second kappa shape index (κ2) is 7.58. The fourth-order valence-electron chi connectivity index (χ4n) is 2.96. The molecule has 0 bridgehead atoms. The quantitative estimate of drug-likeness (QED) is 0.846. The van der Waals surface area contributed by atoms with Gasteiger partial charge in [-0.1, -0.05) is 48.5 Å². The highest BCUT2D eigenvalue weighted by Crippen LogP contribution is 2.25. The number of carbonyl (C=O) groups is 1. The van der Waals surface area contributed by atoms with E-state index in [0.29, 0.717) is 24.6 Å². The third kappa shape index (κ3) is 4.42. The first-order valence-electron chi connectivity index (χ1n) is 8.41. The molecule has 1 amide bonds. The van der Waals surface area contributed by atoms with E-state index < -0.39 is 0 Å². The molecule has 1 N–H and O–H groups in total. The van der Waals surface area contributed by atoms with Gasteiger partial charge in [0.25, 0.3) is 0 Å². The average Bonchev–Trinajstić information content (AvgIpc) is 3.40. The van der Waals surface area contributed by atoms with Gasteiger partial charge in [0.05, 0.1) is 12.6 Å². The number of amides is 1. The van der Waals surface area contributed by atoms with Gasteiger partial charge in [0.1, 0.15) is 5.82 Å². The second-order valence-corrected chi connectivity index (χ2v) is 6.48. The van der Waals surface area contributed by atoms with Gasteiger partial charge < -0.3 is 5.32 Å². The van der Waals surface area contributed by atoms with E-state index in [9.17, 15) is 9.18 Å². The highest BCUT2D eigenvalue weighted by atomic mass is 19.1. The zero-order chi connectivity index (χ0) is 16.9. The van der Waals surface area contributed by atoms with Crippen molar-refractivity contribution in [1.82, 2.24) is 10.2 Å². The molecule has 1 aliphatic carbocycles. The molecular formula is C20H23FN2O. The minimum absolute atomic E-state index is 0.0615. The number of nitrogens with one attached hydrogen (secondary N) is 1. The van der Waals surface area contributed by atoms with E-state index in [2.05, 4.69) is 10.2 Å². The molecule has 2 aromatic carbocycles.